The third kappa shape index (κ3) is 12.9. The van der Waals surface area contributed by atoms with Crippen LogP contribution in [-0.2, 0) is 9.53 Å². The minimum atomic E-state index is 0.0271. The van der Waals surface area contributed by atoms with Gasteiger partial charge in [-0.2, -0.15) is 0 Å². The summed E-state index contributed by atoms with van der Waals surface area (Å²) in [5.74, 6) is 0.588. The van der Waals surface area contributed by atoms with E-state index in [9.17, 15) is 4.79 Å². The zero-order chi connectivity index (χ0) is 17.1. The maximum Gasteiger partial charge on any atom is 0.157 e. The Balaban J connectivity index is -0.000000739. The number of hydrogen-bond acceptors (Lipinski definition) is 2. The zero-order valence-corrected chi connectivity index (χ0v) is 14.6. The first-order valence-corrected chi connectivity index (χ1v) is 7.61. The van der Waals surface area contributed by atoms with E-state index in [0.29, 0.717) is 12.0 Å². The largest absolute Gasteiger partial charge is 0.486 e. The van der Waals surface area contributed by atoms with Crippen LogP contribution in [0.25, 0.3) is 0 Å². The molecule has 0 saturated carbocycles. The van der Waals surface area contributed by atoms with E-state index in [4.69, 9.17) is 4.74 Å². The normalized spacial score (nSPS) is 10.8. The van der Waals surface area contributed by atoms with Gasteiger partial charge in [-0.25, -0.2) is 0 Å². The van der Waals surface area contributed by atoms with Crippen LogP contribution in [0.4, 0.5) is 0 Å². The van der Waals surface area contributed by atoms with Gasteiger partial charge in [0.2, 0.25) is 0 Å². The Bertz CT molecular complexity index is 358. The van der Waals surface area contributed by atoms with Crippen LogP contribution in [0.1, 0.15) is 48.0 Å². The molecular weight excluding hydrogens is 260 g/mol. The van der Waals surface area contributed by atoms with Crippen molar-refractivity contribution in [2.24, 2.45) is 0 Å². The first-order valence-electron chi connectivity index (χ1n) is 7.61. The molecule has 0 aromatic carbocycles. The standard InChI is InChI=1S/C15H20O2.2C2H6/c1-5-8-10-14(7-3)13(4)15(9-6-2)17-12-11-16;2*1-2/h5-6,8-11H,2,4,7,12H2,1,3H3;2*1-2H3/b8-5-,14-10+,15-9+;;. The van der Waals surface area contributed by atoms with Gasteiger partial charge in [0.05, 0.1) is 0 Å². The fraction of sp³-hybridized carbons (Fsp3) is 0.421. The van der Waals surface area contributed by atoms with E-state index in [1.807, 2.05) is 59.8 Å². The van der Waals surface area contributed by atoms with Crippen molar-refractivity contribution in [3.05, 3.63) is 60.4 Å². The number of rotatable bonds is 8. The van der Waals surface area contributed by atoms with E-state index in [0.717, 1.165) is 17.6 Å². The van der Waals surface area contributed by atoms with Gasteiger partial charge >= 0.3 is 0 Å². The number of allylic oxidation sites excluding steroid dienone is 6. The van der Waals surface area contributed by atoms with Crippen molar-refractivity contribution < 1.29 is 9.53 Å². The summed E-state index contributed by atoms with van der Waals surface area (Å²) in [6, 6.07) is 0. The lowest BCUT2D eigenvalue weighted by Crippen LogP contribution is -2.00. The number of ether oxygens (including phenoxy) is 1. The minimum Gasteiger partial charge on any atom is -0.486 e. The predicted molar refractivity (Wildman–Crippen MR) is 95.3 cm³/mol. The van der Waals surface area contributed by atoms with Crippen molar-refractivity contribution in [3.63, 3.8) is 0 Å². The minimum absolute atomic E-state index is 0.0271. The molecule has 0 aliphatic heterocycles. The predicted octanol–water partition coefficient (Wildman–Crippen LogP) is 5.79. The molecule has 0 bridgehead atoms. The average Bonchev–Trinajstić information content (AvgIpc) is 2.55. The Morgan fingerprint density at radius 1 is 1.14 bits per heavy atom. The SMILES string of the molecule is C=C/C=C(/OCC=O)C(=C)/C(=C/C=C\C)CC.CC.CC. The van der Waals surface area contributed by atoms with Crippen LogP contribution in [0.5, 0.6) is 0 Å². The quantitative estimate of drug-likeness (QED) is 0.321. The summed E-state index contributed by atoms with van der Waals surface area (Å²) in [7, 11) is 0. The highest BCUT2D eigenvalue weighted by molar-refractivity contribution is 5.52. The van der Waals surface area contributed by atoms with Crippen molar-refractivity contribution in [3.8, 4) is 0 Å². The molecule has 2 nitrogen and oxygen atoms in total. The molecule has 0 N–H and O–H groups in total. The van der Waals surface area contributed by atoms with Gasteiger partial charge in [0.15, 0.2) is 6.29 Å². The van der Waals surface area contributed by atoms with Crippen molar-refractivity contribution in [2.45, 2.75) is 48.0 Å². The lowest BCUT2D eigenvalue weighted by Gasteiger charge is -2.12. The Morgan fingerprint density at radius 2 is 1.71 bits per heavy atom. The molecule has 120 valence electrons. The van der Waals surface area contributed by atoms with E-state index in [2.05, 4.69) is 13.2 Å². The van der Waals surface area contributed by atoms with Crippen molar-refractivity contribution in [2.75, 3.05) is 6.61 Å². The number of hydrogen-bond donors (Lipinski definition) is 0. The Morgan fingerprint density at radius 3 is 2.10 bits per heavy atom. The second-order valence-corrected chi connectivity index (χ2v) is 3.29. The summed E-state index contributed by atoms with van der Waals surface area (Å²) in [6.45, 7) is 19.6. The molecule has 2 heteroatoms. The van der Waals surface area contributed by atoms with Gasteiger partial charge in [-0.3, -0.25) is 4.79 Å². The van der Waals surface area contributed by atoms with Gasteiger partial charge in [-0.1, -0.05) is 72.1 Å². The summed E-state index contributed by atoms with van der Waals surface area (Å²) in [4.78, 5) is 10.3. The van der Waals surface area contributed by atoms with Gasteiger partial charge < -0.3 is 4.74 Å². The molecule has 0 spiro atoms. The van der Waals surface area contributed by atoms with Crippen molar-refractivity contribution in [1.29, 1.82) is 0 Å². The third-order valence-electron chi connectivity index (χ3n) is 2.13. The van der Waals surface area contributed by atoms with Crippen LogP contribution in [0.3, 0.4) is 0 Å². The summed E-state index contributed by atoms with van der Waals surface area (Å²) in [5.41, 5.74) is 1.86. The highest BCUT2D eigenvalue weighted by atomic mass is 16.5. The van der Waals surface area contributed by atoms with Crippen molar-refractivity contribution in [1.82, 2.24) is 0 Å². The Labute approximate surface area is 131 Å². The first kappa shape index (κ1) is 24.2. The van der Waals surface area contributed by atoms with Gasteiger partial charge in [-0.05, 0) is 25.0 Å². The molecule has 0 radical (unpaired) electrons. The monoisotopic (exact) mass is 292 g/mol. The molecule has 0 amide bonds. The van der Waals surface area contributed by atoms with Gasteiger partial charge in [0.1, 0.15) is 12.4 Å². The molecule has 0 aromatic heterocycles. The Kier molecular flexibility index (Phi) is 23.6. The van der Waals surface area contributed by atoms with Gasteiger partial charge in [0, 0.05) is 5.57 Å². The fourth-order valence-electron chi connectivity index (χ4n) is 1.27. The molecule has 21 heavy (non-hydrogen) atoms. The van der Waals surface area contributed by atoms with Crippen LogP contribution < -0.4 is 0 Å². The number of carbonyl (C=O) groups excluding carboxylic acids is 1. The maximum absolute atomic E-state index is 10.3. The molecular formula is C19H32O2. The average molecular weight is 292 g/mol. The fourth-order valence-corrected chi connectivity index (χ4v) is 1.27. The number of carbonyl (C=O) groups is 1. The summed E-state index contributed by atoms with van der Waals surface area (Å²) in [6.07, 6.45) is 10.8. The van der Waals surface area contributed by atoms with Crippen LogP contribution >= 0.6 is 0 Å². The molecule has 0 aliphatic carbocycles. The Hall–Kier alpha value is -1.83. The molecule has 0 heterocycles. The first-order chi connectivity index (χ1) is 10.2. The third-order valence-corrected chi connectivity index (χ3v) is 2.13. The van der Waals surface area contributed by atoms with Crippen molar-refractivity contribution >= 4 is 6.29 Å². The smallest absolute Gasteiger partial charge is 0.157 e. The van der Waals surface area contributed by atoms with Crippen LogP contribution in [0, 0.1) is 0 Å². The van der Waals surface area contributed by atoms with E-state index < -0.39 is 0 Å². The molecule has 0 atom stereocenters. The van der Waals surface area contributed by atoms with Crippen LogP contribution in [0.15, 0.2) is 60.4 Å². The van der Waals surface area contributed by atoms with Gasteiger partial charge in [0.25, 0.3) is 0 Å². The molecule has 0 aliphatic rings. The van der Waals surface area contributed by atoms with Crippen LogP contribution in [-0.4, -0.2) is 12.9 Å². The summed E-state index contributed by atoms with van der Waals surface area (Å²) in [5, 5.41) is 0. The van der Waals surface area contributed by atoms with E-state index >= 15 is 0 Å². The molecule has 0 fully saturated rings. The van der Waals surface area contributed by atoms with Gasteiger partial charge in [-0.15, -0.1) is 0 Å². The highest BCUT2D eigenvalue weighted by Crippen LogP contribution is 2.21. The van der Waals surface area contributed by atoms with E-state index in [1.54, 1.807) is 12.2 Å². The molecule has 0 rings (SSSR count). The second kappa shape index (κ2) is 20.5. The number of aldehydes is 1. The lowest BCUT2D eigenvalue weighted by molar-refractivity contribution is -0.110. The van der Waals surface area contributed by atoms with E-state index in [-0.39, 0.29) is 6.61 Å². The second-order valence-electron chi connectivity index (χ2n) is 3.29. The molecule has 0 aromatic rings. The zero-order valence-electron chi connectivity index (χ0n) is 14.6. The molecule has 0 saturated heterocycles. The lowest BCUT2D eigenvalue weighted by atomic mass is 10.0. The highest BCUT2D eigenvalue weighted by Gasteiger charge is 2.07. The van der Waals surface area contributed by atoms with E-state index in [1.165, 1.54) is 0 Å². The summed E-state index contributed by atoms with van der Waals surface area (Å²) >= 11 is 0. The summed E-state index contributed by atoms with van der Waals surface area (Å²) < 4.78 is 5.31. The molecule has 0 unspecified atom stereocenters. The van der Waals surface area contributed by atoms with Crippen LogP contribution in [0.2, 0.25) is 0 Å². The topological polar surface area (TPSA) is 26.3 Å². The maximum atomic E-state index is 10.3.